The van der Waals surface area contributed by atoms with Crippen LogP contribution in [0.25, 0.3) is 0 Å². The normalized spacial score (nSPS) is 25.7. The van der Waals surface area contributed by atoms with Crippen LogP contribution in [-0.2, 0) is 13.6 Å². The first-order chi connectivity index (χ1) is 12.7. The largest absolute Gasteiger partial charge is 0.356 e. The average Bonchev–Trinajstić information content (AvgIpc) is 3.32. The smallest absolute Gasteiger partial charge is 0.268 e. The standard InChI is InChI=1S/C19H24N6O/c1-23-16(5-20-6-19(23)26)11-24-7-14-9-25(10-15(14)8-24)18-4-17(13-2-3-13)21-12-22-18/h4-6,12-15H,2-3,7-11H2,1H3. The molecule has 0 aromatic carbocycles. The third-order valence-corrected chi connectivity index (χ3v) is 6.11. The molecular formula is C19H24N6O. The van der Waals surface area contributed by atoms with Gasteiger partial charge >= 0.3 is 0 Å². The molecule has 1 saturated carbocycles. The molecule has 1 aliphatic carbocycles. The number of nitrogens with zero attached hydrogens (tertiary/aromatic N) is 6. The van der Waals surface area contributed by atoms with E-state index in [1.807, 2.05) is 13.2 Å². The second-order valence-electron chi connectivity index (χ2n) is 7.99. The van der Waals surface area contributed by atoms with E-state index < -0.39 is 0 Å². The first kappa shape index (κ1) is 15.9. The Hall–Kier alpha value is -2.28. The number of fused-ring (bicyclic) bond motifs is 1. The molecule has 2 aliphatic heterocycles. The molecule has 0 spiro atoms. The molecule has 3 aliphatic rings. The Morgan fingerprint density at radius 2 is 1.85 bits per heavy atom. The molecule has 4 heterocycles. The molecule has 136 valence electrons. The molecule has 2 atom stereocenters. The third-order valence-electron chi connectivity index (χ3n) is 6.11. The highest BCUT2D eigenvalue weighted by Gasteiger charge is 2.40. The van der Waals surface area contributed by atoms with Gasteiger partial charge in [0.15, 0.2) is 0 Å². The van der Waals surface area contributed by atoms with Gasteiger partial charge in [-0.25, -0.2) is 9.97 Å². The predicted octanol–water partition coefficient (Wildman–Crippen LogP) is 1.02. The average molecular weight is 352 g/mol. The summed E-state index contributed by atoms with van der Waals surface area (Å²) in [6, 6.07) is 2.20. The summed E-state index contributed by atoms with van der Waals surface area (Å²) in [5.74, 6) is 3.10. The van der Waals surface area contributed by atoms with E-state index in [4.69, 9.17) is 0 Å². The van der Waals surface area contributed by atoms with Crippen molar-refractivity contribution in [3.8, 4) is 0 Å². The van der Waals surface area contributed by atoms with Crippen LogP contribution in [0.5, 0.6) is 0 Å². The second kappa shape index (κ2) is 6.16. The van der Waals surface area contributed by atoms with E-state index in [9.17, 15) is 4.79 Å². The quantitative estimate of drug-likeness (QED) is 0.818. The Morgan fingerprint density at radius 3 is 2.58 bits per heavy atom. The highest BCUT2D eigenvalue weighted by molar-refractivity contribution is 5.42. The van der Waals surface area contributed by atoms with E-state index in [1.165, 1.54) is 24.7 Å². The SMILES string of the molecule is Cn1c(CN2CC3CN(c4cc(C5CC5)ncn4)CC3C2)cncc1=O. The summed E-state index contributed by atoms with van der Waals surface area (Å²) < 4.78 is 1.70. The number of hydrogen-bond acceptors (Lipinski definition) is 6. The molecule has 5 rings (SSSR count). The summed E-state index contributed by atoms with van der Waals surface area (Å²) in [5, 5.41) is 0. The van der Waals surface area contributed by atoms with Crippen molar-refractivity contribution in [3.05, 3.63) is 46.5 Å². The minimum atomic E-state index is -0.0386. The molecule has 2 aromatic rings. The van der Waals surface area contributed by atoms with E-state index in [0.29, 0.717) is 17.8 Å². The summed E-state index contributed by atoms with van der Waals surface area (Å²) >= 11 is 0. The molecule has 2 saturated heterocycles. The van der Waals surface area contributed by atoms with Gasteiger partial charge in [0.25, 0.3) is 5.56 Å². The van der Waals surface area contributed by atoms with Crippen LogP contribution in [0.3, 0.4) is 0 Å². The van der Waals surface area contributed by atoms with Crippen LogP contribution >= 0.6 is 0 Å². The minimum Gasteiger partial charge on any atom is -0.356 e. The van der Waals surface area contributed by atoms with Crippen LogP contribution in [0.15, 0.2) is 29.6 Å². The molecule has 2 unspecified atom stereocenters. The van der Waals surface area contributed by atoms with Crippen LogP contribution in [0.4, 0.5) is 5.82 Å². The number of hydrogen-bond donors (Lipinski definition) is 0. The van der Waals surface area contributed by atoms with Crippen molar-refractivity contribution in [2.45, 2.75) is 25.3 Å². The maximum Gasteiger partial charge on any atom is 0.268 e. The lowest BCUT2D eigenvalue weighted by atomic mass is 10.0. The van der Waals surface area contributed by atoms with Gasteiger partial charge in [-0.2, -0.15) is 0 Å². The zero-order valence-corrected chi connectivity index (χ0v) is 15.1. The molecule has 0 N–H and O–H groups in total. The van der Waals surface area contributed by atoms with E-state index in [0.717, 1.165) is 44.2 Å². The van der Waals surface area contributed by atoms with Gasteiger partial charge in [0.05, 0.1) is 11.9 Å². The fourth-order valence-electron chi connectivity index (χ4n) is 4.42. The summed E-state index contributed by atoms with van der Waals surface area (Å²) in [6.45, 7) is 5.07. The van der Waals surface area contributed by atoms with Crippen LogP contribution < -0.4 is 10.5 Å². The fourth-order valence-corrected chi connectivity index (χ4v) is 4.42. The van der Waals surface area contributed by atoms with Gasteiger partial charge in [-0.05, 0) is 24.7 Å². The van der Waals surface area contributed by atoms with Gasteiger partial charge in [-0.1, -0.05) is 0 Å². The molecule has 3 fully saturated rings. The highest BCUT2D eigenvalue weighted by Crippen LogP contribution is 2.40. The molecule has 0 amide bonds. The molecule has 2 aromatic heterocycles. The third kappa shape index (κ3) is 2.90. The summed E-state index contributed by atoms with van der Waals surface area (Å²) in [6.07, 6.45) is 7.45. The van der Waals surface area contributed by atoms with Crippen LogP contribution in [-0.4, -0.2) is 50.6 Å². The molecule has 7 heteroatoms. The Bertz CT molecular complexity index is 862. The van der Waals surface area contributed by atoms with E-state index in [2.05, 4.69) is 30.8 Å². The topological polar surface area (TPSA) is 67.2 Å². The predicted molar refractivity (Wildman–Crippen MR) is 98.0 cm³/mol. The first-order valence-electron chi connectivity index (χ1n) is 9.46. The Kier molecular flexibility index (Phi) is 3.77. The second-order valence-corrected chi connectivity index (χ2v) is 7.99. The summed E-state index contributed by atoms with van der Waals surface area (Å²) in [5.41, 5.74) is 2.16. The Balaban J connectivity index is 1.24. The zero-order chi connectivity index (χ0) is 17.7. The highest BCUT2D eigenvalue weighted by atomic mass is 16.1. The van der Waals surface area contributed by atoms with Crippen LogP contribution in [0.2, 0.25) is 0 Å². The lowest BCUT2D eigenvalue weighted by Gasteiger charge is -2.23. The Labute approximate surface area is 152 Å². The zero-order valence-electron chi connectivity index (χ0n) is 15.1. The van der Waals surface area contributed by atoms with Crippen molar-refractivity contribution in [3.63, 3.8) is 0 Å². The number of aromatic nitrogens is 4. The fraction of sp³-hybridized carbons (Fsp3) is 0.579. The van der Waals surface area contributed by atoms with Gasteiger partial charge in [0, 0.05) is 63.6 Å². The monoisotopic (exact) mass is 352 g/mol. The lowest BCUT2D eigenvalue weighted by molar-refractivity contribution is 0.300. The van der Waals surface area contributed by atoms with Crippen molar-refractivity contribution in [2.24, 2.45) is 18.9 Å². The van der Waals surface area contributed by atoms with E-state index in [-0.39, 0.29) is 5.56 Å². The lowest BCUT2D eigenvalue weighted by Crippen LogP contribution is -2.31. The van der Waals surface area contributed by atoms with Crippen molar-refractivity contribution >= 4 is 5.82 Å². The van der Waals surface area contributed by atoms with Gasteiger partial charge in [-0.3, -0.25) is 14.7 Å². The summed E-state index contributed by atoms with van der Waals surface area (Å²) in [4.78, 5) is 29.7. The van der Waals surface area contributed by atoms with Crippen molar-refractivity contribution in [1.82, 2.24) is 24.4 Å². The maximum absolute atomic E-state index is 11.8. The Morgan fingerprint density at radius 1 is 1.08 bits per heavy atom. The van der Waals surface area contributed by atoms with Gasteiger partial charge in [-0.15, -0.1) is 0 Å². The van der Waals surface area contributed by atoms with Crippen molar-refractivity contribution < 1.29 is 0 Å². The molecule has 7 nitrogen and oxygen atoms in total. The van der Waals surface area contributed by atoms with Crippen molar-refractivity contribution in [2.75, 3.05) is 31.1 Å². The van der Waals surface area contributed by atoms with Gasteiger partial charge < -0.3 is 9.47 Å². The maximum atomic E-state index is 11.8. The van der Waals surface area contributed by atoms with Crippen LogP contribution in [0.1, 0.15) is 30.1 Å². The molecular weight excluding hydrogens is 328 g/mol. The van der Waals surface area contributed by atoms with Gasteiger partial charge in [0.2, 0.25) is 0 Å². The first-order valence-corrected chi connectivity index (χ1v) is 9.46. The van der Waals surface area contributed by atoms with Crippen LogP contribution in [0, 0.1) is 11.8 Å². The van der Waals surface area contributed by atoms with Gasteiger partial charge in [0.1, 0.15) is 12.1 Å². The molecule has 0 bridgehead atoms. The molecule has 26 heavy (non-hydrogen) atoms. The van der Waals surface area contributed by atoms with E-state index >= 15 is 0 Å². The number of anilines is 1. The molecule has 0 radical (unpaired) electrons. The summed E-state index contributed by atoms with van der Waals surface area (Å²) in [7, 11) is 1.82. The minimum absolute atomic E-state index is 0.0386. The van der Waals surface area contributed by atoms with Crippen molar-refractivity contribution in [1.29, 1.82) is 0 Å². The number of likely N-dealkylation sites (tertiary alicyclic amines) is 1. The number of rotatable bonds is 4. The van der Waals surface area contributed by atoms with E-state index in [1.54, 1.807) is 10.9 Å².